The van der Waals surface area contributed by atoms with Crippen molar-refractivity contribution < 1.29 is 5.11 Å². The first-order valence-corrected chi connectivity index (χ1v) is 4.99. The van der Waals surface area contributed by atoms with E-state index in [-0.39, 0.29) is 0 Å². The van der Waals surface area contributed by atoms with Crippen molar-refractivity contribution in [2.24, 2.45) is 0 Å². The van der Waals surface area contributed by atoms with Crippen molar-refractivity contribution in [2.45, 2.75) is 13.0 Å². The van der Waals surface area contributed by atoms with Crippen molar-refractivity contribution in [2.75, 3.05) is 0 Å². The minimum atomic E-state index is -0.726. The highest BCUT2D eigenvalue weighted by atomic mass is 35.5. The Morgan fingerprint density at radius 3 is 2.93 bits per heavy atom. The zero-order chi connectivity index (χ0) is 10.8. The molecule has 0 bridgehead atoms. The molecule has 1 atom stereocenters. The fourth-order valence-electron chi connectivity index (χ4n) is 1.46. The van der Waals surface area contributed by atoms with E-state index >= 15 is 0 Å². The second-order valence-electron chi connectivity index (χ2n) is 3.46. The molecule has 1 aromatic heterocycles. The van der Waals surface area contributed by atoms with Crippen LogP contribution in [0.15, 0.2) is 30.6 Å². The third-order valence-corrected chi connectivity index (χ3v) is 2.63. The molecule has 0 aliphatic carbocycles. The van der Waals surface area contributed by atoms with Crippen molar-refractivity contribution in [1.82, 2.24) is 10.2 Å². The van der Waals surface area contributed by atoms with Gasteiger partial charge in [0, 0.05) is 22.3 Å². The minimum Gasteiger partial charge on any atom is -0.383 e. The first kappa shape index (κ1) is 10.2. The fourth-order valence-corrected chi connectivity index (χ4v) is 1.68. The molecule has 0 fully saturated rings. The van der Waals surface area contributed by atoms with Crippen LogP contribution >= 0.6 is 11.6 Å². The van der Waals surface area contributed by atoms with E-state index in [2.05, 4.69) is 10.2 Å². The van der Waals surface area contributed by atoms with Gasteiger partial charge in [0.1, 0.15) is 6.10 Å². The number of halogens is 1. The lowest BCUT2D eigenvalue weighted by Gasteiger charge is -2.11. The van der Waals surface area contributed by atoms with Gasteiger partial charge in [0.15, 0.2) is 0 Å². The summed E-state index contributed by atoms with van der Waals surface area (Å²) in [7, 11) is 0. The Bertz CT molecular complexity index is 454. The second kappa shape index (κ2) is 4.04. The quantitative estimate of drug-likeness (QED) is 0.820. The summed E-state index contributed by atoms with van der Waals surface area (Å²) in [6.07, 6.45) is 2.52. The summed E-state index contributed by atoms with van der Waals surface area (Å²) >= 11 is 6.02. The van der Waals surface area contributed by atoms with Gasteiger partial charge in [-0.2, -0.15) is 5.10 Å². The minimum absolute atomic E-state index is 0.564. The van der Waals surface area contributed by atoms with Crippen molar-refractivity contribution in [3.8, 4) is 0 Å². The van der Waals surface area contributed by atoms with E-state index in [9.17, 15) is 5.11 Å². The van der Waals surface area contributed by atoms with Gasteiger partial charge in [0.05, 0.1) is 6.20 Å². The third-order valence-electron chi connectivity index (χ3n) is 2.28. The summed E-state index contributed by atoms with van der Waals surface area (Å²) in [5.74, 6) is 0. The van der Waals surface area contributed by atoms with Crippen LogP contribution in [0, 0.1) is 6.92 Å². The highest BCUT2D eigenvalue weighted by molar-refractivity contribution is 6.31. The molecule has 15 heavy (non-hydrogen) atoms. The predicted octanol–water partition coefficient (Wildman–Crippen LogP) is 2.45. The number of aliphatic hydroxyl groups is 1. The highest BCUT2D eigenvalue weighted by Gasteiger charge is 2.14. The first-order chi connectivity index (χ1) is 7.18. The molecule has 1 aromatic carbocycles. The number of aryl methyl sites for hydroxylation is 1. The summed E-state index contributed by atoms with van der Waals surface area (Å²) in [6.45, 7) is 1.96. The summed E-state index contributed by atoms with van der Waals surface area (Å²) < 4.78 is 0. The number of nitrogens with one attached hydrogen (secondary N) is 1. The van der Waals surface area contributed by atoms with Crippen LogP contribution in [-0.2, 0) is 0 Å². The van der Waals surface area contributed by atoms with Gasteiger partial charge in [-0.05, 0) is 13.0 Å². The molecule has 4 heteroatoms. The van der Waals surface area contributed by atoms with Crippen molar-refractivity contribution in [3.63, 3.8) is 0 Å². The third kappa shape index (κ3) is 2.03. The van der Waals surface area contributed by atoms with Crippen LogP contribution < -0.4 is 0 Å². The Morgan fingerprint density at radius 2 is 2.27 bits per heavy atom. The molecule has 0 amide bonds. The molecule has 0 aliphatic rings. The number of nitrogens with zero attached hydrogens (tertiary/aromatic N) is 1. The average Bonchev–Trinajstić information content (AvgIpc) is 2.74. The van der Waals surface area contributed by atoms with Gasteiger partial charge < -0.3 is 5.11 Å². The Morgan fingerprint density at radius 1 is 1.47 bits per heavy atom. The van der Waals surface area contributed by atoms with Crippen LogP contribution in [0.2, 0.25) is 5.02 Å². The highest BCUT2D eigenvalue weighted by Crippen LogP contribution is 2.28. The monoisotopic (exact) mass is 222 g/mol. The maximum absolute atomic E-state index is 10.0. The number of rotatable bonds is 2. The van der Waals surface area contributed by atoms with E-state index in [0.717, 1.165) is 5.56 Å². The summed E-state index contributed by atoms with van der Waals surface area (Å²) in [4.78, 5) is 0. The molecular weight excluding hydrogens is 212 g/mol. The van der Waals surface area contributed by atoms with Gasteiger partial charge in [-0.25, -0.2) is 0 Å². The Hall–Kier alpha value is -1.32. The van der Waals surface area contributed by atoms with Crippen molar-refractivity contribution >= 4 is 11.6 Å². The van der Waals surface area contributed by atoms with Crippen LogP contribution in [0.5, 0.6) is 0 Å². The SMILES string of the molecule is Cc1ccc(Cl)c(C(O)c2cn[nH]c2)c1. The van der Waals surface area contributed by atoms with E-state index < -0.39 is 6.10 Å². The second-order valence-corrected chi connectivity index (χ2v) is 3.87. The van der Waals surface area contributed by atoms with Crippen LogP contribution in [0.1, 0.15) is 22.8 Å². The molecule has 1 heterocycles. The van der Waals surface area contributed by atoms with Crippen molar-refractivity contribution in [3.05, 3.63) is 52.3 Å². The van der Waals surface area contributed by atoms with Gasteiger partial charge in [-0.15, -0.1) is 0 Å². The van der Waals surface area contributed by atoms with Gasteiger partial charge in [0.25, 0.3) is 0 Å². The summed E-state index contributed by atoms with van der Waals surface area (Å²) in [6, 6.07) is 5.57. The molecule has 2 N–H and O–H groups in total. The van der Waals surface area contributed by atoms with Crippen LogP contribution in [0.25, 0.3) is 0 Å². The molecule has 2 rings (SSSR count). The van der Waals surface area contributed by atoms with Gasteiger partial charge in [-0.3, -0.25) is 5.10 Å². The molecule has 0 radical (unpaired) electrons. The lowest BCUT2D eigenvalue weighted by molar-refractivity contribution is 0.220. The van der Waals surface area contributed by atoms with Crippen LogP contribution in [-0.4, -0.2) is 15.3 Å². The molecule has 0 spiro atoms. The smallest absolute Gasteiger partial charge is 0.109 e. The van der Waals surface area contributed by atoms with Crippen LogP contribution in [0.3, 0.4) is 0 Å². The molecule has 0 saturated carbocycles. The van der Waals surface area contributed by atoms with E-state index in [4.69, 9.17) is 11.6 Å². The lowest BCUT2D eigenvalue weighted by Crippen LogP contribution is -1.99. The molecule has 78 valence electrons. The fraction of sp³-hybridized carbons (Fsp3) is 0.182. The normalized spacial score (nSPS) is 12.7. The van der Waals surface area contributed by atoms with Crippen molar-refractivity contribution in [1.29, 1.82) is 0 Å². The number of aromatic amines is 1. The molecule has 3 nitrogen and oxygen atoms in total. The van der Waals surface area contributed by atoms with E-state index in [0.29, 0.717) is 16.1 Å². The molecule has 1 unspecified atom stereocenters. The van der Waals surface area contributed by atoms with Gasteiger partial charge >= 0.3 is 0 Å². The lowest BCUT2D eigenvalue weighted by atomic mass is 10.0. The number of aromatic nitrogens is 2. The van der Waals surface area contributed by atoms with Crippen LogP contribution in [0.4, 0.5) is 0 Å². The van der Waals surface area contributed by atoms with E-state index in [1.807, 2.05) is 19.1 Å². The summed E-state index contributed by atoms with van der Waals surface area (Å²) in [5.41, 5.74) is 2.48. The number of H-pyrrole nitrogens is 1. The maximum Gasteiger partial charge on any atom is 0.109 e. The van der Waals surface area contributed by atoms with E-state index in [1.54, 1.807) is 18.5 Å². The predicted molar refractivity (Wildman–Crippen MR) is 58.8 cm³/mol. The Kier molecular flexibility index (Phi) is 2.75. The topological polar surface area (TPSA) is 48.9 Å². The number of hydrogen-bond acceptors (Lipinski definition) is 2. The molecular formula is C11H11ClN2O. The summed E-state index contributed by atoms with van der Waals surface area (Å²) in [5, 5.41) is 17.1. The largest absolute Gasteiger partial charge is 0.383 e. The zero-order valence-corrected chi connectivity index (χ0v) is 8.99. The van der Waals surface area contributed by atoms with Gasteiger partial charge in [0.2, 0.25) is 0 Å². The molecule has 2 aromatic rings. The zero-order valence-electron chi connectivity index (χ0n) is 8.24. The number of benzene rings is 1. The molecule has 0 aliphatic heterocycles. The Balaban J connectivity index is 2.41. The standard InChI is InChI=1S/C11H11ClN2O/c1-7-2-3-10(12)9(4-7)11(15)8-5-13-14-6-8/h2-6,11,15H,1H3,(H,13,14). The average molecular weight is 223 g/mol. The number of aliphatic hydroxyl groups excluding tert-OH is 1. The maximum atomic E-state index is 10.0. The molecule has 0 saturated heterocycles. The van der Waals surface area contributed by atoms with Gasteiger partial charge in [-0.1, -0.05) is 29.3 Å². The van der Waals surface area contributed by atoms with E-state index in [1.165, 1.54) is 0 Å². The first-order valence-electron chi connectivity index (χ1n) is 4.61. The Labute approximate surface area is 92.7 Å². The number of hydrogen-bond donors (Lipinski definition) is 2.